The van der Waals surface area contributed by atoms with E-state index in [0.29, 0.717) is 44.3 Å². The summed E-state index contributed by atoms with van der Waals surface area (Å²) in [5.41, 5.74) is 1.65. The maximum Gasteiger partial charge on any atom is 0.409 e. The van der Waals surface area contributed by atoms with E-state index < -0.39 is 0 Å². The Morgan fingerprint density at radius 2 is 1.86 bits per heavy atom. The van der Waals surface area contributed by atoms with Crippen molar-refractivity contribution in [2.75, 3.05) is 32.8 Å². The van der Waals surface area contributed by atoms with E-state index in [-0.39, 0.29) is 12.0 Å². The van der Waals surface area contributed by atoms with E-state index in [1.807, 2.05) is 35.7 Å². The number of thiophene rings is 1. The molecule has 1 saturated heterocycles. The Morgan fingerprint density at radius 3 is 2.59 bits per heavy atom. The lowest BCUT2D eigenvalue weighted by atomic mass is 10.1. The molecule has 0 unspecified atom stereocenters. The van der Waals surface area contributed by atoms with Gasteiger partial charge in [-0.15, -0.1) is 23.1 Å². The second kappa shape index (κ2) is 8.92. The third-order valence-corrected chi connectivity index (χ3v) is 7.00. The van der Waals surface area contributed by atoms with Crippen molar-refractivity contribution in [2.24, 2.45) is 0 Å². The molecule has 3 aromatic rings. The summed E-state index contributed by atoms with van der Waals surface area (Å²) in [5, 5.41) is 3.02. The molecule has 29 heavy (non-hydrogen) atoms. The van der Waals surface area contributed by atoms with Crippen LogP contribution in [0.15, 0.2) is 50.4 Å². The van der Waals surface area contributed by atoms with Crippen LogP contribution < -0.4 is 0 Å². The molecule has 0 saturated carbocycles. The highest BCUT2D eigenvalue weighted by Crippen LogP contribution is 2.34. The fraction of sp³-hybridized carbons (Fsp3) is 0.333. The van der Waals surface area contributed by atoms with E-state index in [1.54, 1.807) is 39.8 Å². The van der Waals surface area contributed by atoms with Gasteiger partial charge in [-0.05, 0) is 24.4 Å². The quantitative estimate of drug-likeness (QED) is 0.549. The number of benzene rings is 1. The fourth-order valence-electron chi connectivity index (χ4n) is 3.35. The summed E-state index contributed by atoms with van der Waals surface area (Å²) in [7, 11) is 0. The van der Waals surface area contributed by atoms with Crippen molar-refractivity contribution in [3.05, 3.63) is 53.1 Å². The van der Waals surface area contributed by atoms with Crippen LogP contribution in [0, 0.1) is 0 Å². The number of piperazine rings is 1. The predicted octanol–water partition coefficient (Wildman–Crippen LogP) is 4.70. The molecule has 0 N–H and O–H groups in total. The Kier molecular flexibility index (Phi) is 6.10. The minimum Gasteiger partial charge on any atom is -0.451 e. The summed E-state index contributed by atoms with van der Waals surface area (Å²) in [6.07, 6.45) is -0.323. The fourth-order valence-corrected chi connectivity index (χ4v) is 5.17. The lowest BCUT2D eigenvalue weighted by Crippen LogP contribution is -2.50. The number of para-hydroxylation sites is 1. The van der Waals surface area contributed by atoms with Gasteiger partial charge in [-0.25, -0.2) is 4.79 Å². The Labute approximate surface area is 177 Å². The monoisotopic (exact) mass is 430 g/mol. The van der Waals surface area contributed by atoms with Crippen LogP contribution in [-0.4, -0.2) is 54.6 Å². The molecule has 3 heterocycles. The molecule has 2 aromatic heterocycles. The van der Waals surface area contributed by atoms with Gasteiger partial charge in [0.15, 0.2) is 5.76 Å². The third kappa shape index (κ3) is 4.28. The topological polar surface area (TPSA) is 63.0 Å². The highest BCUT2D eigenvalue weighted by Gasteiger charge is 2.29. The third-order valence-electron chi connectivity index (χ3n) is 4.84. The molecular formula is C21H22N2O4S2. The molecular weight excluding hydrogens is 408 g/mol. The summed E-state index contributed by atoms with van der Waals surface area (Å²) in [6.45, 7) is 3.99. The molecule has 1 fully saturated rings. The van der Waals surface area contributed by atoms with E-state index in [2.05, 4.69) is 6.07 Å². The van der Waals surface area contributed by atoms with Crippen LogP contribution in [-0.2, 0) is 10.5 Å². The van der Waals surface area contributed by atoms with Gasteiger partial charge in [-0.2, -0.15) is 0 Å². The van der Waals surface area contributed by atoms with Crippen LogP contribution in [0.3, 0.4) is 0 Å². The summed E-state index contributed by atoms with van der Waals surface area (Å²) < 4.78 is 12.2. The molecule has 8 heteroatoms. The van der Waals surface area contributed by atoms with Gasteiger partial charge in [0, 0.05) is 42.9 Å². The van der Waals surface area contributed by atoms with Gasteiger partial charge >= 0.3 is 6.09 Å². The number of amides is 2. The Hall–Kier alpha value is -2.45. The van der Waals surface area contributed by atoms with Gasteiger partial charge in [-0.3, -0.25) is 4.79 Å². The average Bonchev–Trinajstić information content (AvgIpc) is 3.39. The standard InChI is InChI=1S/C21H22N2O4S2/c1-2-26-21(25)23-11-9-22(10-12-23)20(24)19-16(14-29-18-8-5-13-28-18)15-6-3-4-7-17(15)27-19/h3-8,13H,2,9-12,14H2,1H3. The highest BCUT2D eigenvalue weighted by molar-refractivity contribution is 8.00. The minimum absolute atomic E-state index is 0.119. The summed E-state index contributed by atoms with van der Waals surface area (Å²) in [5.74, 6) is 0.952. The van der Waals surface area contributed by atoms with Crippen LogP contribution in [0.2, 0.25) is 0 Å². The molecule has 2 amide bonds. The molecule has 152 valence electrons. The zero-order valence-electron chi connectivity index (χ0n) is 16.1. The van der Waals surface area contributed by atoms with E-state index in [0.717, 1.165) is 16.5 Å². The van der Waals surface area contributed by atoms with Crippen LogP contribution in [0.25, 0.3) is 11.0 Å². The van der Waals surface area contributed by atoms with Gasteiger partial charge in [0.1, 0.15) is 5.58 Å². The molecule has 1 aliphatic heterocycles. The number of thioether (sulfide) groups is 1. The zero-order valence-corrected chi connectivity index (χ0v) is 17.8. The number of ether oxygens (including phenoxy) is 1. The number of hydrogen-bond donors (Lipinski definition) is 0. The lowest BCUT2D eigenvalue weighted by Gasteiger charge is -2.33. The van der Waals surface area contributed by atoms with E-state index in [4.69, 9.17) is 9.15 Å². The number of hydrogen-bond acceptors (Lipinski definition) is 6. The average molecular weight is 431 g/mol. The number of fused-ring (bicyclic) bond motifs is 1. The van der Waals surface area contributed by atoms with Crippen molar-refractivity contribution in [1.82, 2.24) is 9.80 Å². The Morgan fingerprint density at radius 1 is 1.10 bits per heavy atom. The van der Waals surface area contributed by atoms with Crippen molar-refractivity contribution in [1.29, 1.82) is 0 Å². The number of rotatable bonds is 5. The lowest BCUT2D eigenvalue weighted by molar-refractivity contribution is 0.0547. The molecule has 0 bridgehead atoms. The first-order valence-electron chi connectivity index (χ1n) is 9.55. The van der Waals surface area contributed by atoms with Gasteiger partial charge in [-0.1, -0.05) is 24.3 Å². The Bertz CT molecular complexity index is 991. The van der Waals surface area contributed by atoms with Gasteiger partial charge in [0.25, 0.3) is 5.91 Å². The molecule has 0 spiro atoms. The second-order valence-electron chi connectivity index (χ2n) is 6.60. The molecule has 0 atom stereocenters. The molecule has 0 radical (unpaired) electrons. The smallest absolute Gasteiger partial charge is 0.409 e. The SMILES string of the molecule is CCOC(=O)N1CCN(C(=O)c2oc3ccccc3c2CSc2cccs2)CC1. The van der Waals surface area contributed by atoms with Gasteiger partial charge in [0.2, 0.25) is 0 Å². The molecule has 1 aromatic carbocycles. The summed E-state index contributed by atoms with van der Waals surface area (Å²) in [6, 6.07) is 11.9. The normalized spacial score (nSPS) is 14.4. The van der Waals surface area contributed by atoms with Crippen molar-refractivity contribution >= 4 is 46.1 Å². The van der Waals surface area contributed by atoms with E-state index >= 15 is 0 Å². The van der Waals surface area contributed by atoms with Crippen LogP contribution in [0.4, 0.5) is 4.79 Å². The van der Waals surface area contributed by atoms with Crippen molar-refractivity contribution in [2.45, 2.75) is 16.9 Å². The van der Waals surface area contributed by atoms with Crippen molar-refractivity contribution < 1.29 is 18.7 Å². The number of nitrogens with zero attached hydrogens (tertiary/aromatic N) is 2. The molecule has 0 aliphatic carbocycles. The summed E-state index contributed by atoms with van der Waals surface area (Å²) >= 11 is 3.39. The zero-order chi connectivity index (χ0) is 20.2. The second-order valence-corrected chi connectivity index (χ2v) is 8.83. The summed E-state index contributed by atoms with van der Waals surface area (Å²) in [4.78, 5) is 28.5. The van der Waals surface area contributed by atoms with Crippen LogP contribution in [0.1, 0.15) is 23.0 Å². The minimum atomic E-state index is -0.323. The van der Waals surface area contributed by atoms with Gasteiger partial charge in [0.05, 0.1) is 10.8 Å². The highest BCUT2D eigenvalue weighted by atomic mass is 32.2. The Balaban J connectivity index is 1.53. The first-order valence-corrected chi connectivity index (χ1v) is 11.4. The van der Waals surface area contributed by atoms with Crippen LogP contribution in [0.5, 0.6) is 0 Å². The number of carbonyl (C=O) groups excluding carboxylic acids is 2. The number of carbonyl (C=O) groups is 2. The molecule has 1 aliphatic rings. The first kappa shape index (κ1) is 19.8. The van der Waals surface area contributed by atoms with Crippen LogP contribution >= 0.6 is 23.1 Å². The molecule has 4 rings (SSSR count). The van der Waals surface area contributed by atoms with Crippen molar-refractivity contribution in [3.63, 3.8) is 0 Å². The van der Waals surface area contributed by atoms with Crippen molar-refractivity contribution in [3.8, 4) is 0 Å². The van der Waals surface area contributed by atoms with E-state index in [9.17, 15) is 9.59 Å². The molecule has 6 nitrogen and oxygen atoms in total. The first-order chi connectivity index (χ1) is 14.2. The largest absolute Gasteiger partial charge is 0.451 e. The number of furan rings is 1. The maximum absolute atomic E-state index is 13.2. The maximum atomic E-state index is 13.2. The predicted molar refractivity (Wildman–Crippen MR) is 115 cm³/mol. The van der Waals surface area contributed by atoms with Gasteiger partial charge < -0.3 is 19.0 Å². The van der Waals surface area contributed by atoms with E-state index in [1.165, 1.54) is 4.21 Å².